The van der Waals surface area contributed by atoms with Gasteiger partial charge in [-0.25, -0.2) is 9.59 Å². The number of para-hydroxylation sites is 1. The Labute approximate surface area is 240 Å². The molecule has 0 saturated heterocycles. The van der Waals surface area contributed by atoms with Gasteiger partial charge >= 0.3 is 18.2 Å². The lowest BCUT2D eigenvalue weighted by Gasteiger charge is -2.23. The average molecular weight is 589 g/mol. The van der Waals surface area contributed by atoms with Crippen LogP contribution >= 0.6 is 0 Å². The zero-order valence-corrected chi connectivity index (χ0v) is 22.6. The van der Waals surface area contributed by atoms with Gasteiger partial charge in [0.2, 0.25) is 0 Å². The zero-order chi connectivity index (χ0) is 30.5. The fraction of sp³-hybridized carbons (Fsp3) is 0.276. The van der Waals surface area contributed by atoms with E-state index >= 15 is 0 Å². The fourth-order valence-corrected chi connectivity index (χ4v) is 3.74. The molecule has 3 aromatic rings. The van der Waals surface area contributed by atoms with Crippen LogP contribution in [0.3, 0.4) is 0 Å². The molecular formula is C29H31F3N4O6. The molecule has 0 fully saturated rings. The van der Waals surface area contributed by atoms with E-state index in [1.54, 1.807) is 72.8 Å². The van der Waals surface area contributed by atoms with Crippen molar-refractivity contribution in [3.8, 4) is 5.75 Å². The SMILES string of the molecule is CNC(=O)c1cccc(NC(=O)Nc2ccc(C[C@@H](CO)NC[C@@H](COc3ccccc3)OC(=O)C(F)(F)F)cc2)c1. The largest absolute Gasteiger partial charge is 0.490 e. The number of esters is 1. The van der Waals surface area contributed by atoms with Gasteiger partial charge in [-0.3, -0.25) is 4.79 Å². The van der Waals surface area contributed by atoms with Crippen molar-refractivity contribution in [2.75, 3.05) is 37.4 Å². The first-order chi connectivity index (χ1) is 20.1. The average Bonchev–Trinajstić information content (AvgIpc) is 2.98. The molecule has 224 valence electrons. The van der Waals surface area contributed by atoms with Crippen LogP contribution in [0.2, 0.25) is 0 Å². The molecule has 2 atom stereocenters. The number of amides is 3. The maximum Gasteiger partial charge on any atom is 0.490 e. The molecule has 0 radical (unpaired) electrons. The minimum absolute atomic E-state index is 0.208. The second kappa shape index (κ2) is 15.4. The number of anilines is 2. The Kier molecular flexibility index (Phi) is 11.7. The monoisotopic (exact) mass is 588 g/mol. The van der Waals surface area contributed by atoms with Crippen molar-refractivity contribution in [1.82, 2.24) is 10.6 Å². The van der Waals surface area contributed by atoms with Crippen molar-refractivity contribution in [3.63, 3.8) is 0 Å². The lowest BCUT2D eigenvalue weighted by atomic mass is 10.1. The standard InChI is InChI=1S/C29H31F3N4O6/c1-33-26(38)20-6-5-7-22(15-20)36-28(40)35-21-12-10-19(11-13-21)14-23(17-37)34-16-25(42-27(39)29(30,31)32)18-41-24-8-3-2-4-9-24/h2-13,15,23,25,34,37H,14,16-18H2,1H3,(H,33,38)(H2,35,36,40)/t23-,25-/m0/s1. The van der Waals surface area contributed by atoms with Crippen LogP contribution in [0.25, 0.3) is 0 Å². The molecule has 5 N–H and O–H groups in total. The summed E-state index contributed by atoms with van der Waals surface area (Å²) in [5.74, 6) is -2.23. The molecule has 0 unspecified atom stereocenters. The molecule has 0 aliphatic carbocycles. The van der Waals surface area contributed by atoms with Gasteiger partial charge in [-0.2, -0.15) is 13.2 Å². The van der Waals surface area contributed by atoms with Crippen molar-refractivity contribution in [2.24, 2.45) is 0 Å². The highest BCUT2D eigenvalue weighted by Gasteiger charge is 2.42. The summed E-state index contributed by atoms with van der Waals surface area (Å²) in [6.45, 7) is -0.896. The van der Waals surface area contributed by atoms with Crippen LogP contribution in [0.1, 0.15) is 15.9 Å². The molecule has 3 aromatic carbocycles. The molecule has 0 saturated carbocycles. The third-order valence-electron chi connectivity index (χ3n) is 5.84. The number of benzene rings is 3. The van der Waals surface area contributed by atoms with E-state index in [2.05, 4.69) is 26.0 Å². The van der Waals surface area contributed by atoms with Gasteiger partial charge in [0.25, 0.3) is 5.91 Å². The van der Waals surface area contributed by atoms with Crippen LogP contribution in [0.15, 0.2) is 78.9 Å². The van der Waals surface area contributed by atoms with Crippen LogP contribution in [0, 0.1) is 0 Å². The molecule has 13 heteroatoms. The molecule has 3 rings (SSSR count). The molecule has 0 aliphatic rings. The predicted molar refractivity (Wildman–Crippen MR) is 149 cm³/mol. The van der Waals surface area contributed by atoms with Crippen LogP contribution < -0.4 is 26.0 Å². The number of alkyl halides is 3. The third-order valence-corrected chi connectivity index (χ3v) is 5.84. The van der Waals surface area contributed by atoms with Gasteiger partial charge in [-0.15, -0.1) is 0 Å². The molecule has 10 nitrogen and oxygen atoms in total. The number of carbonyl (C=O) groups is 3. The smallest absolute Gasteiger partial charge is 0.490 e. The Hall–Kier alpha value is -4.62. The summed E-state index contributed by atoms with van der Waals surface area (Å²) < 4.78 is 48.4. The molecule has 42 heavy (non-hydrogen) atoms. The van der Waals surface area contributed by atoms with E-state index in [0.717, 1.165) is 5.56 Å². The second-order valence-corrected chi connectivity index (χ2v) is 9.08. The Morgan fingerprint density at radius 1 is 0.905 bits per heavy atom. The van der Waals surface area contributed by atoms with Crippen molar-refractivity contribution in [1.29, 1.82) is 0 Å². The van der Waals surface area contributed by atoms with Crippen molar-refractivity contribution >= 4 is 29.3 Å². The first-order valence-electron chi connectivity index (χ1n) is 12.9. The van der Waals surface area contributed by atoms with Crippen LogP contribution in [0.5, 0.6) is 5.75 Å². The molecule has 0 heterocycles. The van der Waals surface area contributed by atoms with Crippen molar-refractivity contribution in [3.05, 3.63) is 90.0 Å². The predicted octanol–water partition coefficient (Wildman–Crippen LogP) is 3.74. The molecule has 3 amide bonds. The van der Waals surface area contributed by atoms with Gasteiger partial charge < -0.3 is 35.8 Å². The van der Waals surface area contributed by atoms with Gasteiger partial charge in [0.1, 0.15) is 18.5 Å². The minimum Gasteiger partial charge on any atom is -0.490 e. The number of nitrogens with one attached hydrogen (secondary N) is 4. The van der Waals surface area contributed by atoms with Gasteiger partial charge in [-0.05, 0) is 54.4 Å². The number of carbonyl (C=O) groups excluding carboxylic acids is 3. The van der Waals surface area contributed by atoms with Gasteiger partial charge in [0.15, 0.2) is 0 Å². The number of aliphatic hydroxyl groups is 1. The fourth-order valence-electron chi connectivity index (χ4n) is 3.74. The number of urea groups is 1. The lowest BCUT2D eigenvalue weighted by Crippen LogP contribution is -2.44. The molecule has 0 spiro atoms. The summed E-state index contributed by atoms with van der Waals surface area (Å²) in [7, 11) is 1.51. The van der Waals surface area contributed by atoms with Gasteiger partial charge in [0.05, 0.1) is 6.61 Å². The van der Waals surface area contributed by atoms with Crippen LogP contribution in [-0.2, 0) is 16.0 Å². The highest BCUT2D eigenvalue weighted by Crippen LogP contribution is 2.19. The number of ether oxygens (including phenoxy) is 2. The van der Waals surface area contributed by atoms with Gasteiger partial charge in [0, 0.05) is 36.6 Å². The Morgan fingerprint density at radius 3 is 2.24 bits per heavy atom. The number of halogens is 3. The Bertz CT molecular complexity index is 1320. The molecule has 0 bridgehead atoms. The molecule has 0 aromatic heterocycles. The van der Waals surface area contributed by atoms with Crippen molar-refractivity contribution < 1.29 is 42.1 Å². The quantitative estimate of drug-likeness (QED) is 0.192. The van der Waals surface area contributed by atoms with E-state index in [9.17, 15) is 32.7 Å². The normalized spacial score (nSPS) is 12.5. The highest BCUT2D eigenvalue weighted by atomic mass is 19.4. The summed E-state index contributed by atoms with van der Waals surface area (Å²) in [6.07, 6.45) is -6.16. The number of hydrogen-bond acceptors (Lipinski definition) is 7. The first kappa shape index (κ1) is 31.9. The number of aliphatic hydroxyl groups excluding tert-OH is 1. The third kappa shape index (κ3) is 10.4. The molecule has 0 aliphatic heterocycles. The number of rotatable bonds is 13. The second-order valence-electron chi connectivity index (χ2n) is 9.08. The molecular weight excluding hydrogens is 557 g/mol. The highest BCUT2D eigenvalue weighted by molar-refractivity contribution is 6.01. The van der Waals surface area contributed by atoms with E-state index in [1.165, 1.54) is 13.1 Å². The topological polar surface area (TPSA) is 138 Å². The summed E-state index contributed by atoms with van der Waals surface area (Å²) in [4.78, 5) is 35.6. The first-order valence-corrected chi connectivity index (χ1v) is 12.9. The zero-order valence-electron chi connectivity index (χ0n) is 22.6. The van der Waals surface area contributed by atoms with Gasteiger partial charge in [-0.1, -0.05) is 36.4 Å². The Morgan fingerprint density at radius 2 is 1.60 bits per heavy atom. The summed E-state index contributed by atoms with van der Waals surface area (Å²) >= 11 is 0. The summed E-state index contributed by atoms with van der Waals surface area (Å²) in [5.41, 5.74) is 2.05. The van der Waals surface area contributed by atoms with E-state index in [4.69, 9.17) is 4.74 Å². The van der Waals surface area contributed by atoms with Crippen LogP contribution in [0.4, 0.5) is 29.3 Å². The van der Waals surface area contributed by atoms with E-state index in [1.807, 2.05) is 0 Å². The van der Waals surface area contributed by atoms with E-state index in [-0.39, 0.29) is 32.1 Å². The maximum atomic E-state index is 12.8. The summed E-state index contributed by atoms with van der Waals surface area (Å²) in [6, 6.07) is 20.4. The van der Waals surface area contributed by atoms with E-state index in [0.29, 0.717) is 22.7 Å². The lowest BCUT2D eigenvalue weighted by molar-refractivity contribution is -0.205. The number of hydrogen-bond donors (Lipinski definition) is 5. The van der Waals surface area contributed by atoms with Crippen molar-refractivity contribution in [2.45, 2.75) is 24.7 Å². The maximum absolute atomic E-state index is 12.8. The van der Waals surface area contributed by atoms with Crippen LogP contribution in [-0.4, -0.2) is 68.1 Å². The van der Waals surface area contributed by atoms with E-state index < -0.39 is 30.3 Å². The Balaban J connectivity index is 1.54. The minimum atomic E-state index is -5.16. The summed E-state index contributed by atoms with van der Waals surface area (Å²) in [5, 5.41) is 20.6.